The zero-order valence-corrected chi connectivity index (χ0v) is 16.4. The quantitative estimate of drug-likeness (QED) is 0.741. The molecular weight excluding hydrogens is 403 g/mol. The first-order chi connectivity index (χ1) is 12.2. The van der Waals surface area contributed by atoms with Crippen LogP contribution in [0.1, 0.15) is 24.1 Å². The Morgan fingerprint density at radius 1 is 0.852 bits per heavy atom. The van der Waals surface area contributed by atoms with Gasteiger partial charge < -0.3 is 0 Å². The minimum atomic E-state index is -4.55. The van der Waals surface area contributed by atoms with Gasteiger partial charge in [-0.3, -0.25) is 0 Å². The van der Waals surface area contributed by atoms with Gasteiger partial charge in [-0.1, -0.05) is 12.1 Å². The standard InChI is InChI=1S/C17H18F3NO4S2/c1-12(13-4-8-15(9-5-13)26(3,22)23)21(2)27(24,25)16-10-6-14(7-11-16)17(18,19)20/h4-12H,1-3H3/t12-/m0/s1. The molecule has 10 heteroatoms. The molecule has 0 fully saturated rings. The summed E-state index contributed by atoms with van der Waals surface area (Å²) < 4.78 is 87.3. The molecule has 0 bridgehead atoms. The van der Waals surface area contributed by atoms with Crippen molar-refractivity contribution in [2.24, 2.45) is 0 Å². The molecule has 0 aliphatic carbocycles. The number of halogens is 3. The number of hydrogen-bond acceptors (Lipinski definition) is 4. The van der Waals surface area contributed by atoms with E-state index in [1.165, 1.54) is 31.3 Å². The summed E-state index contributed by atoms with van der Waals surface area (Å²) in [6, 6.07) is 8.34. The van der Waals surface area contributed by atoms with E-state index < -0.39 is 37.6 Å². The Labute approximate surface area is 156 Å². The highest BCUT2D eigenvalue weighted by Crippen LogP contribution is 2.31. The Hall–Kier alpha value is -1.91. The van der Waals surface area contributed by atoms with Crippen LogP contribution in [0, 0.1) is 0 Å². The maximum Gasteiger partial charge on any atom is 0.416 e. The fourth-order valence-corrected chi connectivity index (χ4v) is 4.37. The summed E-state index contributed by atoms with van der Waals surface area (Å²) in [7, 11) is -6.11. The molecule has 0 amide bonds. The Morgan fingerprint density at radius 2 is 1.30 bits per heavy atom. The van der Waals surface area contributed by atoms with Gasteiger partial charge in [-0.15, -0.1) is 0 Å². The zero-order valence-electron chi connectivity index (χ0n) is 14.7. The third-order valence-electron chi connectivity index (χ3n) is 4.19. The smallest absolute Gasteiger partial charge is 0.224 e. The SMILES string of the molecule is C[C@@H](c1ccc(S(C)(=O)=O)cc1)N(C)S(=O)(=O)c1ccc(C(F)(F)F)cc1. The first-order valence-corrected chi connectivity index (χ1v) is 11.0. The molecule has 0 spiro atoms. The number of nitrogens with zero attached hydrogens (tertiary/aromatic N) is 1. The lowest BCUT2D eigenvalue weighted by Crippen LogP contribution is -2.29. The van der Waals surface area contributed by atoms with Crippen LogP contribution in [-0.2, 0) is 26.0 Å². The molecule has 2 aromatic carbocycles. The zero-order chi connectivity index (χ0) is 20.6. The minimum absolute atomic E-state index is 0.103. The van der Waals surface area contributed by atoms with Gasteiger partial charge in [-0.25, -0.2) is 16.8 Å². The summed E-state index contributed by atoms with van der Waals surface area (Å²) in [5.41, 5.74) is -0.395. The second kappa shape index (κ2) is 7.25. The Bertz CT molecular complexity index is 1010. The lowest BCUT2D eigenvalue weighted by molar-refractivity contribution is -0.137. The van der Waals surface area contributed by atoms with Gasteiger partial charge in [0.15, 0.2) is 9.84 Å². The number of alkyl halides is 3. The molecule has 1 atom stereocenters. The fourth-order valence-electron chi connectivity index (χ4n) is 2.39. The molecule has 2 rings (SSSR count). The Balaban J connectivity index is 2.30. The number of sulfonamides is 1. The van der Waals surface area contributed by atoms with Crippen molar-refractivity contribution < 1.29 is 30.0 Å². The monoisotopic (exact) mass is 421 g/mol. The summed E-state index contributed by atoms with van der Waals surface area (Å²) in [6.45, 7) is 1.59. The number of sulfone groups is 1. The summed E-state index contributed by atoms with van der Waals surface area (Å²) in [5.74, 6) is 0. The predicted molar refractivity (Wildman–Crippen MR) is 94.4 cm³/mol. The lowest BCUT2D eigenvalue weighted by atomic mass is 10.1. The van der Waals surface area contributed by atoms with Gasteiger partial charge >= 0.3 is 6.18 Å². The van der Waals surface area contributed by atoms with Crippen molar-refractivity contribution in [1.29, 1.82) is 0 Å². The van der Waals surface area contributed by atoms with Crippen LogP contribution < -0.4 is 0 Å². The minimum Gasteiger partial charge on any atom is -0.224 e. The maximum atomic E-state index is 12.7. The Morgan fingerprint density at radius 3 is 1.70 bits per heavy atom. The number of benzene rings is 2. The van der Waals surface area contributed by atoms with Gasteiger partial charge in [0, 0.05) is 19.3 Å². The lowest BCUT2D eigenvalue weighted by Gasteiger charge is -2.25. The van der Waals surface area contributed by atoms with Crippen molar-refractivity contribution in [3.05, 3.63) is 59.7 Å². The molecule has 0 saturated carbocycles. The summed E-state index contributed by atoms with van der Waals surface area (Å²) in [4.78, 5) is -0.163. The molecule has 0 radical (unpaired) electrons. The van der Waals surface area contributed by atoms with Crippen LogP contribution in [-0.4, -0.2) is 34.4 Å². The first kappa shape index (κ1) is 21.4. The third kappa shape index (κ3) is 4.69. The van der Waals surface area contributed by atoms with E-state index in [-0.39, 0.29) is 9.79 Å². The predicted octanol–water partition coefficient (Wildman–Crippen LogP) is 3.49. The summed E-state index contributed by atoms with van der Waals surface area (Å²) >= 11 is 0. The molecule has 148 valence electrons. The van der Waals surface area contributed by atoms with E-state index in [0.29, 0.717) is 17.7 Å². The van der Waals surface area contributed by atoms with Crippen LogP contribution >= 0.6 is 0 Å². The van der Waals surface area contributed by atoms with E-state index in [9.17, 15) is 30.0 Å². The van der Waals surface area contributed by atoms with Gasteiger partial charge in [0.1, 0.15) is 0 Å². The average molecular weight is 421 g/mol. The van der Waals surface area contributed by atoms with Crippen molar-refractivity contribution in [3.63, 3.8) is 0 Å². The van der Waals surface area contributed by atoms with E-state index >= 15 is 0 Å². The van der Waals surface area contributed by atoms with Crippen LogP contribution in [0.3, 0.4) is 0 Å². The maximum absolute atomic E-state index is 12.7. The van der Waals surface area contributed by atoms with Crippen molar-refractivity contribution in [2.75, 3.05) is 13.3 Å². The average Bonchev–Trinajstić information content (AvgIpc) is 2.59. The molecule has 5 nitrogen and oxygen atoms in total. The normalized spacial score (nSPS) is 14.3. The van der Waals surface area contributed by atoms with Gasteiger partial charge in [0.25, 0.3) is 0 Å². The van der Waals surface area contributed by atoms with Crippen molar-refractivity contribution in [2.45, 2.75) is 28.9 Å². The highest BCUT2D eigenvalue weighted by atomic mass is 32.2. The highest BCUT2D eigenvalue weighted by Gasteiger charge is 2.32. The third-order valence-corrected chi connectivity index (χ3v) is 7.27. The molecule has 0 unspecified atom stereocenters. The molecule has 0 aliphatic rings. The van der Waals surface area contributed by atoms with Crippen LogP contribution in [0.25, 0.3) is 0 Å². The van der Waals surface area contributed by atoms with Crippen LogP contribution in [0.4, 0.5) is 13.2 Å². The van der Waals surface area contributed by atoms with E-state index in [4.69, 9.17) is 0 Å². The highest BCUT2D eigenvalue weighted by molar-refractivity contribution is 7.90. The molecule has 27 heavy (non-hydrogen) atoms. The molecule has 2 aromatic rings. The van der Waals surface area contributed by atoms with Crippen LogP contribution in [0.15, 0.2) is 58.3 Å². The molecule has 0 aromatic heterocycles. The molecule has 0 saturated heterocycles. The van der Waals surface area contributed by atoms with E-state index in [1.54, 1.807) is 6.92 Å². The number of rotatable bonds is 5. The molecule has 0 aliphatic heterocycles. The van der Waals surface area contributed by atoms with Gasteiger partial charge in [0.2, 0.25) is 10.0 Å². The fraction of sp³-hybridized carbons (Fsp3) is 0.294. The van der Waals surface area contributed by atoms with Gasteiger partial charge in [-0.2, -0.15) is 17.5 Å². The van der Waals surface area contributed by atoms with Crippen LogP contribution in [0.2, 0.25) is 0 Å². The first-order valence-electron chi connectivity index (χ1n) is 7.70. The second-order valence-electron chi connectivity index (χ2n) is 6.06. The second-order valence-corrected chi connectivity index (χ2v) is 10.1. The van der Waals surface area contributed by atoms with Crippen molar-refractivity contribution in [1.82, 2.24) is 4.31 Å². The molecule has 0 heterocycles. The van der Waals surface area contributed by atoms with E-state index in [2.05, 4.69) is 0 Å². The van der Waals surface area contributed by atoms with Crippen LogP contribution in [0.5, 0.6) is 0 Å². The molecule has 0 N–H and O–H groups in total. The van der Waals surface area contributed by atoms with Crippen molar-refractivity contribution >= 4 is 19.9 Å². The topological polar surface area (TPSA) is 71.5 Å². The van der Waals surface area contributed by atoms with Gasteiger partial charge in [-0.05, 0) is 48.9 Å². The largest absolute Gasteiger partial charge is 0.416 e. The van der Waals surface area contributed by atoms with Crippen molar-refractivity contribution in [3.8, 4) is 0 Å². The Kier molecular flexibility index (Phi) is 5.74. The summed E-state index contributed by atoms with van der Waals surface area (Å²) in [5, 5.41) is 0. The summed E-state index contributed by atoms with van der Waals surface area (Å²) in [6.07, 6.45) is -3.49. The van der Waals surface area contributed by atoms with E-state index in [1.807, 2.05) is 0 Å². The number of hydrogen-bond donors (Lipinski definition) is 0. The molecular formula is C17H18F3NO4S2. The van der Waals surface area contributed by atoms with E-state index in [0.717, 1.165) is 22.7 Å². The van der Waals surface area contributed by atoms with Gasteiger partial charge in [0.05, 0.1) is 15.4 Å².